The van der Waals surface area contributed by atoms with E-state index in [4.69, 9.17) is 18.9 Å². The molecule has 0 radical (unpaired) electrons. The average molecular weight is 1170 g/mol. The van der Waals surface area contributed by atoms with Gasteiger partial charge in [-0.2, -0.15) is 0 Å². The Hall–Kier alpha value is -7.57. The molecule has 0 fully saturated rings. The molecular weight excluding hydrogens is 1110 g/mol. The van der Waals surface area contributed by atoms with E-state index >= 15 is 0 Å². The quantitative estimate of drug-likeness (QED) is 0.0297. The molecule has 0 aliphatic carbocycles. The second-order valence-electron chi connectivity index (χ2n) is 18.9. The number of benzene rings is 3. The Morgan fingerprint density at radius 1 is 0.857 bits per heavy atom. The van der Waals surface area contributed by atoms with Crippen molar-refractivity contribution in [1.29, 1.82) is 0 Å². The summed E-state index contributed by atoms with van der Waals surface area (Å²) in [5, 5.41) is 19.3. The summed E-state index contributed by atoms with van der Waals surface area (Å²) in [6.45, 7) is 10.4. The number of nitrogens with zero attached hydrogens (tertiary/aromatic N) is 4. The number of aliphatic imine (C=N–C) groups is 1. The number of imide groups is 1. The van der Waals surface area contributed by atoms with Gasteiger partial charge in [0.15, 0.2) is 17.7 Å². The van der Waals surface area contributed by atoms with Crippen molar-refractivity contribution in [2.75, 3.05) is 41.6 Å². The van der Waals surface area contributed by atoms with E-state index < -0.39 is 54.1 Å². The highest BCUT2D eigenvalue weighted by atomic mass is 127. The third-order valence-electron chi connectivity index (χ3n) is 13.0. The first kappa shape index (κ1) is 57.1. The van der Waals surface area contributed by atoms with Gasteiger partial charge in [0, 0.05) is 44.3 Å². The van der Waals surface area contributed by atoms with Crippen LogP contribution in [0.1, 0.15) is 87.2 Å². The largest absolute Gasteiger partial charge is 0.493 e. The number of alkyl halides is 1. The predicted molar refractivity (Wildman–Crippen MR) is 298 cm³/mol. The van der Waals surface area contributed by atoms with Gasteiger partial charge in [-0.1, -0.05) is 72.9 Å². The Kier molecular flexibility index (Phi) is 19.3. The van der Waals surface area contributed by atoms with Crippen LogP contribution in [0.15, 0.2) is 101 Å². The van der Waals surface area contributed by atoms with Gasteiger partial charge < -0.3 is 49.9 Å². The number of allylic oxidation sites excluding steroid dienone is 4. The molecule has 410 valence electrons. The van der Waals surface area contributed by atoms with Gasteiger partial charge in [-0.3, -0.25) is 39.1 Å². The molecule has 3 aromatic carbocycles. The number of anilines is 2. The van der Waals surface area contributed by atoms with E-state index in [0.29, 0.717) is 41.1 Å². The molecule has 0 spiro atoms. The molecule has 6 N–H and O–H groups in total. The lowest BCUT2D eigenvalue weighted by molar-refractivity contribution is -0.135. The summed E-state index contributed by atoms with van der Waals surface area (Å²) >= 11 is 1.85. The number of hydrazine groups is 1. The zero-order chi connectivity index (χ0) is 55.5. The SMILES string of the molecule is C/C=C/C1=CN2C(=O)c3cc(C)c(OCCCOc4cc5c(cc4OC)C(=O)N4C=C(/C=C/C)C[C@H]4[C@H](O)N5C(=O)OCc4ccc(NNC(C)C(=O)N[C@H](C(=O)NC(=O)CNC(=O)CI)C(C)C)cc4)cc3N=C[C@@H]2C1.[HH]. The minimum atomic E-state index is -1.54. The summed E-state index contributed by atoms with van der Waals surface area (Å²) in [7, 11) is 1.43. The fraction of sp³-hybridized carbons (Fsp3) is 0.382. The van der Waals surface area contributed by atoms with Crippen molar-refractivity contribution in [3.63, 3.8) is 0 Å². The lowest BCUT2D eigenvalue weighted by Crippen LogP contribution is -2.56. The van der Waals surface area contributed by atoms with E-state index in [2.05, 4.69) is 31.8 Å². The fourth-order valence-corrected chi connectivity index (χ4v) is 9.19. The second-order valence-corrected chi connectivity index (χ2v) is 19.7. The number of nitrogens with one attached hydrogen (secondary N) is 5. The highest BCUT2D eigenvalue weighted by molar-refractivity contribution is 14.1. The van der Waals surface area contributed by atoms with Crippen LogP contribution in [0.25, 0.3) is 0 Å². The van der Waals surface area contributed by atoms with Crippen molar-refractivity contribution in [1.82, 2.24) is 31.2 Å². The number of aliphatic hydroxyl groups is 1. The summed E-state index contributed by atoms with van der Waals surface area (Å²) in [5.74, 6) is -2.28. The van der Waals surface area contributed by atoms with Crippen molar-refractivity contribution in [3.8, 4) is 17.2 Å². The van der Waals surface area contributed by atoms with Gasteiger partial charge in [0.2, 0.25) is 23.6 Å². The summed E-state index contributed by atoms with van der Waals surface area (Å²) < 4.78 is 24.1. The molecule has 22 heteroatoms. The number of ether oxygens (including phenoxy) is 4. The minimum absolute atomic E-state index is 0. The number of rotatable bonds is 21. The first-order valence-corrected chi connectivity index (χ1v) is 26.7. The molecule has 4 aliphatic heterocycles. The summed E-state index contributed by atoms with van der Waals surface area (Å²) in [6.07, 6.45) is 11.8. The molecule has 4 heterocycles. The lowest BCUT2D eigenvalue weighted by atomic mass is 10.0. The van der Waals surface area contributed by atoms with Crippen LogP contribution >= 0.6 is 22.6 Å². The molecule has 4 aliphatic rings. The molecule has 7 rings (SSSR count). The van der Waals surface area contributed by atoms with Crippen LogP contribution in [0, 0.1) is 12.8 Å². The number of amides is 7. The topological polar surface area (TPSA) is 259 Å². The number of halogens is 1. The Bertz CT molecular complexity index is 2930. The van der Waals surface area contributed by atoms with Gasteiger partial charge in [0.25, 0.3) is 11.8 Å². The number of fused-ring (bicyclic) bond motifs is 4. The molecule has 5 atom stereocenters. The van der Waals surface area contributed by atoms with Crippen LogP contribution in [-0.4, -0.2) is 124 Å². The van der Waals surface area contributed by atoms with Crippen molar-refractivity contribution in [2.24, 2.45) is 10.9 Å². The maximum atomic E-state index is 14.3. The van der Waals surface area contributed by atoms with E-state index in [1.807, 2.05) is 73.9 Å². The van der Waals surface area contributed by atoms with E-state index in [1.54, 1.807) is 74.5 Å². The number of aliphatic hydroxyl groups excluding tert-OH is 1. The molecular formula is C55H66IN9O12. The van der Waals surface area contributed by atoms with E-state index in [0.717, 1.165) is 21.6 Å². The Balaban J connectivity index is 0.00000984. The summed E-state index contributed by atoms with van der Waals surface area (Å²) in [4.78, 5) is 101. The van der Waals surface area contributed by atoms with Crippen LogP contribution in [0.5, 0.6) is 17.2 Å². The van der Waals surface area contributed by atoms with E-state index in [9.17, 15) is 38.7 Å². The maximum Gasteiger partial charge on any atom is 0.416 e. The maximum absolute atomic E-state index is 14.3. The molecule has 0 saturated carbocycles. The monoisotopic (exact) mass is 1170 g/mol. The first-order valence-electron chi connectivity index (χ1n) is 25.1. The molecule has 0 aromatic heterocycles. The molecule has 21 nitrogen and oxygen atoms in total. The van der Waals surface area contributed by atoms with Crippen molar-refractivity contribution in [3.05, 3.63) is 119 Å². The molecule has 77 heavy (non-hydrogen) atoms. The number of hydrogen-bond donors (Lipinski definition) is 6. The highest BCUT2D eigenvalue weighted by Gasteiger charge is 2.45. The number of carbonyl (C=O) groups excluding carboxylic acids is 7. The fourth-order valence-electron chi connectivity index (χ4n) is 8.92. The number of hydrogen-bond acceptors (Lipinski definition) is 15. The smallest absolute Gasteiger partial charge is 0.416 e. The molecule has 1 unspecified atom stereocenters. The minimum Gasteiger partial charge on any atom is -0.493 e. The van der Waals surface area contributed by atoms with E-state index in [1.165, 1.54) is 24.1 Å². The average Bonchev–Trinajstić information content (AvgIpc) is 4.17. The summed E-state index contributed by atoms with van der Waals surface area (Å²) in [5.41, 5.74) is 10.7. The standard InChI is InChI=1S/C55H64IN9O12.H2/c1-8-11-35-20-38-26-57-41-23-44(32(5)19-39(41)52(70)63(38)28-35)75-17-10-18-76-46-24-42-40(22-45(46)74-7)53(71)64-29-36(12-9-2)21-43(64)54(72)65(42)55(73)77-30-34-13-15-37(16-14-34)62-61-33(6)50(68)60-49(31(3)4)51(69)59-48(67)27-58-47(66)25-56;/h8-9,11-16,19,22-24,26,28-29,31,33,38,43,49,54,61-62,72H,10,17-18,20-21,25,27,30H2,1-7H3,(H,58,66)(H,60,68)(H,59,67,69);1H/b11-8+,12-9+;/t33?,38-,43-,49-,54-;/m0./s1. The number of aryl methyl sites for hydroxylation is 1. The molecule has 3 aromatic rings. The Morgan fingerprint density at radius 2 is 1.53 bits per heavy atom. The van der Waals surface area contributed by atoms with Crippen molar-refractivity contribution in [2.45, 2.75) is 97.8 Å². The zero-order valence-electron chi connectivity index (χ0n) is 43.9. The number of carbonyl (C=O) groups is 7. The van der Waals surface area contributed by atoms with Gasteiger partial charge in [-0.15, -0.1) is 0 Å². The molecule has 0 saturated heterocycles. The third kappa shape index (κ3) is 13.7. The van der Waals surface area contributed by atoms with E-state index in [-0.39, 0.29) is 85.2 Å². The Labute approximate surface area is 461 Å². The predicted octanol–water partition coefficient (Wildman–Crippen LogP) is 6.28. The lowest BCUT2D eigenvalue weighted by Gasteiger charge is -2.31. The zero-order valence-corrected chi connectivity index (χ0v) is 46.0. The van der Waals surface area contributed by atoms with Gasteiger partial charge in [-0.05, 0) is 93.0 Å². The van der Waals surface area contributed by atoms with Crippen LogP contribution in [-0.2, 0) is 30.5 Å². The van der Waals surface area contributed by atoms with Crippen LogP contribution in [0.2, 0.25) is 0 Å². The molecule has 7 amide bonds. The van der Waals surface area contributed by atoms with Crippen molar-refractivity contribution >= 4 is 87.4 Å². The van der Waals surface area contributed by atoms with Crippen LogP contribution in [0.4, 0.5) is 21.9 Å². The molecule has 0 bridgehead atoms. The van der Waals surface area contributed by atoms with Crippen LogP contribution < -0.4 is 45.9 Å². The Morgan fingerprint density at radius 3 is 2.21 bits per heavy atom. The van der Waals surface area contributed by atoms with Gasteiger partial charge >= 0.3 is 6.09 Å². The number of methoxy groups -OCH3 is 1. The third-order valence-corrected chi connectivity index (χ3v) is 13.6. The highest BCUT2D eigenvalue weighted by Crippen LogP contribution is 2.42. The van der Waals surface area contributed by atoms with Gasteiger partial charge in [0.1, 0.15) is 24.4 Å². The van der Waals surface area contributed by atoms with Gasteiger partial charge in [-0.25, -0.2) is 15.1 Å². The normalized spacial score (nSPS) is 18.3. The van der Waals surface area contributed by atoms with Gasteiger partial charge in [0.05, 0.1) is 65.9 Å². The second kappa shape index (κ2) is 26.0. The van der Waals surface area contributed by atoms with Crippen molar-refractivity contribution < 1.29 is 59.0 Å². The van der Waals surface area contributed by atoms with Crippen LogP contribution in [0.3, 0.4) is 0 Å². The summed E-state index contributed by atoms with van der Waals surface area (Å²) in [6, 6.07) is 10.4. The first-order chi connectivity index (χ1) is 36.9.